The number of H-pyrrole nitrogens is 1. The van der Waals surface area contributed by atoms with Gasteiger partial charge in [0.05, 0.1) is 19.1 Å². The van der Waals surface area contributed by atoms with Crippen LogP contribution >= 0.6 is 0 Å². The van der Waals surface area contributed by atoms with Crippen molar-refractivity contribution in [2.45, 2.75) is 25.3 Å². The number of likely N-dealkylation sites (tertiary alicyclic amines) is 1. The van der Waals surface area contributed by atoms with Crippen molar-refractivity contribution < 1.29 is 14.3 Å². The second-order valence-electron chi connectivity index (χ2n) is 6.29. The van der Waals surface area contributed by atoms with Gasteiger partial charge in [0.1, 0.15) is 0 Å². The predicted octanol–water partition coefficient (Wildman–Crippen LogP) is 1.45. The third kappa shape index (κ3) is 3.28. The summed E-state index contributed by atoms with van der Waals surface area (Å²) in [7, 11) is 1.40. The summed E-state index contributed by atoms with van der Waals surface area (Å²) < 4.78 is 4.77. The van der Waals surface area contributed by atoms with Crippen molar-refractivity contribution in [2.24, 2.45) is 11.7 Å². The molecule has 6 nitrogen and oxygen atoms in total. The molecule has 128 valence electrons. The molecule has 6 heteroatoms. The molecule has 0 saturated carbocycles. The number of hydrogen-bond acceptors (Lipinski definition) is 4. The lowest BCUT2D eigenvalue weighted by atomic mass is 9.96. The maximum atomic E-state index is 12.6. The number of nitrogens with one attached hydrogen (secondary N) is 1. The van der Waals surface area contributed by atoms with E-state index in [1.54, 1.807) is 4.90 Å². The molecule has 1 aliphatic heterocycles. The third-order valence-corrected chi connectivity index (χ3v) is 4.77. The number of benzene rings is 1. The molecule has 0 bridgehead atoms. The van der Waals surface area contributed by atoms with Crippen LogP contribution < -0.4 is 5.73 Å². The monoisotopic (exact) mass is 329 g/mol. The smallest absolute Gasteiger partial charge is 0.308 e. The molecule has 1 aromatic carbocycles. The van der Waals surface area contributed by atoms with E-state index in [9.17, 15) is 9.59 Å². The minimum absolute atomic E-state index is 0.0522. The van der Waals surface area contributed by atoms with Crippen molar-refractivity contribution >= 4 is 22.8 Å². The minimum Gasteiger partial charge on any atom is -0.469 e. The Labute approximate surface area is 141 Å². The molecule has 0 unspecified atom stereocenters. The summed E-state index contributed by atoms with van der Waals surface area (Å²) >= 11 is 0. The second kappa shape index (κ2) is 7.05. The number of carbonyl (C=O) groups excluding carboxylic acids is 2. The van der Waals surface area contributed by atoms with Gasteiger partial charge < -0.3 is 20.4 Å². The van der Waals surface area contributed by atoms with Crippen LogP contribution in [-0.2, 0) is 20.7 Å². The molecule has 1 fully saturated rings. The van der Waals surface area contributed by atoms with E-state index >= 15 is 0 Å². The van der Waals surface area contributed by atoms with E-state index in [-0.39, 0.29) is 17.8 Å². The molecule has 1 atom stereocenters. The van der Waals surface area contributed by atoms with Gasteiger partial charge in [-0.05, 0) is 30.9 Å². The number of hydrogen-bond donors (Lipinski definition) is 2. The van der Waals surface area contributed by atoms with E-state index in [0.29, 0.717) is 32.4 Å². The van der Waals surface area contributed by atoms with Crippen LogP contribution in [0, 0.1) is 5.92 Å². The number of piperidine rings is 1. The number of amides is 1. The predicted molar refractivity (Wildman–Crippen MR) is 91.3 cm³/mol. The molecule has 1 aliphatic rings. The highest BCUT2D eigenvalue weighted by atomic mass is 16.5. The lowest BCUT2D eigenvalue weighted by Gasteiger charge is -2.32. The average Bonchev–Trinajstić information content (AvgIpc) is 3.03. The fraction of sp³-hybridized carbons (Fsp3) is 0.444. The van der Waals surface area contributed by atoms with E-state index in [0.717, 1.165) is 16.5 Å². The fourth-order valence-electron chi connectivity index (χ4n) is 3.36. The van der Waals surface area contributed by atoms with Crippen LogP contribution in [0.15, 0.2) is 30.5 Å². The molecule has 2 aromatic rings. The zero-order chi connectivity index (χ0) is 17.1. The Balaban J connectivity index is 1.60. The van der Waals surface area contributed by atoms with Gasteiger partial charge in [-0.15, -0.1) is 0 Å². The van der Waals surface area contributed by atoms with E-state index in [4.69, 9.17) is 10.5 Å². The fourth-order valence-corrected chi connectivity index (χ4v) is 3.36. The van der Waals surface area contributed by atoms with Crippen molar-refractivity contribution in [1.82, 2.24) is 9.88 Å². The number of fused-ring (bicyclic) bond motifs is 1. The molecule has 1 amide bonds. The highest BCUT2D eigenvalue weighted by Crippen LogP contribution is 2.21. The maximum Gasteiger partial charge on any atom is 0.308 e. The lowest BCUT2D eigenvalue weighted by Crippen LogP contribution is -2.48. The maximum absolute atomic E-state index is 12.6. The van der Waals surface area contributed by atoms with Gasteiger partial charge in [-0.2, -0.15) is 0 Å². The lowest BCUT2D eigenvalue weighted by molar-refractivity contribution is -0.149. The Morgan fingerprint density at radius 2 is 2.04 bits per heavy atom. The standard InChI is InChI=1S/C18H23N3O3/c1-24-18(23)12-6-8-21(9-7-12)17(22)15(19)10-13-11-20-16-5-3-2-4-14(13)16/h2-5,11-12,15,20H,6-10,19H2,1H3/t15-/m0/s1. The van der Waals surface area contributed by atoms with Gasteiger partial charge in [0.2, 0.25) is 5.91 Å². The number of nitrogens with zero attached hydrogens (tertiary/aromatic N) is 1. The van der Waals surface area contributed by atoms with Crippen molar-refractivity contribution in [1.29, 1.82) is 0 Å². The SMILES string of the molecule is COC(=O)C1CCN(C(=O)[C@@H](N)Cc2c[nH]c3ccccc23)CC1. The van der Waals surface area contributed by atoms with Crippen LogP contribution in [0.4, 0.5) is 0 Å². The summed E-state index contributed by atoms with van der Waals surface area (Å²) in [6.07, 6.45) is 3.69. The van der Waals surface area contributed by atoms with E-state index < -0.39 is 6.04 Å². The number of rotatable bonds is 4. The molecule has 0 spiro atoms. The van der Waals surface area contributed by atoms with Gasteiger partial charge >= 0.3 is 5.97 Å². The number of ether oxygens (including phenoxy) is 1. The molecule has 0 aliphatic carbocycles. The molecule has 3 N–H and O–H groups in total. The number of methoxy groups -OCH3 is 1. The first-order chi connectivity index (χ1) is 11.6. The van der Waals surface area contributed by atoms with Gasteiger partial charge in [-0.3, -0.25) is 9.59 Å². The van der Waals surface area contributed by atoms with Crippen LogP contribution in [0.1, 0.15) is 18.4 Å². The van der Waals surface area contributed by atoms with Crippen molar-refractivity contribution in [3.8, 4) is 0 Å². The zero-order valence-corrected chi connectivity index (χ0v) is 13.8. The molecule has 1 aromatic heterocycles. The summed E-state index contributed by atoms with van der Waals surface area (Å²) in [5, 5.41) is 1.10. The van der Waals surface area contributed by atoms with E-state index in [1.165, 1.54) is 7.11 Å². The van der Waals surface area contributed by atoms with Crippen LogP contribution in [0.2, 0.25) is 0 Å². The first kappa shape index (κ1) is 16.5. The van der Waals surface area contributed by atoms with E-state index in [2.05, 4.69) is 4.98 Å². The molecular formula is C18H23N3O3. The first-order valence-electron chi connectivity index (χ1n) is 8.27. The minimum atomic E-state index is -0.570. The zero-order valence-electron chi connectivity index (χ0n) is 13.8. The van der Waals surface area contributed by atoms with Crippen molar-refractivity contribution in [3.05, 3.63) is 36.0 Å². The molecule has 3 rings (SSSR count). The number of para-hydroxylation sites is 1. The Hall–Kier alpha value is -2.34. The highest BCUT2D eigenvalue weighted by Gasteiger charge is 2.30. The van der Waals surface area contributed by atoms with Crippen LogP contribution in [0.5, 0.6) is 0 Å². The Kier molecular flexibility index (Phi) is 4.85. The Morgan fingerprint density at radius 1 is 1.33 bits per heavy atom. The van der Waals surface area contributed by atoms with Gasteiger partial charge in [-0.1, -0.05) is 18.2 Å². The summed E-state index contributed by atoms with van der Waals surface area (Å²) in [5.74, 6) is -0.349. The van der Waals surface area contributed by atoms with Gasteiger partial charge in [0.25, 0.3) is 0 Å². The van der Waals surface area contributed by atoms with Crippen molar-refractivity contribution in [3.63, 3.8) is 0 Å². The summed E-state index contributed by atoms with van der Waals surface area (Å²) in [4.78, 5) is 29.1. The van der Waals surface area contributed by atoms with Crippen LogP contribution in [0.3, 0.4) is 0 Å². The molecule has 24 heavy (non-hydrogen) atoms. The number of carbonyl (C=O) groups is 2. The summed E-state index contributed by atoms with van der Waals surface area (Å²) in [6.45, 7) is 1.11. The number of aromatic nitrogens is 1. The summed E-state index contributed by atoms with van der Waals surface area (Å²) in [5.41, 5.74) is 8.25. The first-order valence-corrected chi connectivity index (χ1v) is 8.27. The van der Waals surface area contributed by atoms with Crippen LogP contribution in [-0.4, -0.2) is 48.0 Å². The normalized spacial score (nSPS) is 17.0. The van der Waals surface area contributed by atoms with Gasteiger partial charge in [0.15, 0.2) is 0 Å². The third-order valence-electron chi connectivity index (χ3n) is 4.77. The molecular weight excluding hydrogens is 306 g/mol. The average molecular weight is 329 g/mol. The second-order valence-corrected chi connectivity index (χ2v) is 6.29. The Morgan fingerprint density at radius 3 is 2.75 bits per heavy atom. The van der Waals surface area contributed by atoms with E-state index in [1.807, 2.05) is 30.5 Å². The summed E-state index contributed by atoms with van der Waals surface area (Å²) in [6, 6.07) is 7.41. The number of esters is 1. The molecule has 2 heterocycles. The van der Waals surface area contributed by atoms with Crippen LogP contribution in [0.25, 0.3) is 10.9 Å². The molecule has 1 saturated heterocycles. The van der Waals surface area contributed by atoms with Gasteiger partial charge in [0, 0.05) is 30.2 Å². The van der Waals surface area contributed by atoms with Crippen molar-refractivity contribution in [2.75, 3.05) is 20.2 Å². The highest BCUT2D eigenvalue weighted by molar-refractivity contribution is 5.86. The Bertz CT molecular complexity index is 732. The quantitative estimate of drug-likeness (QED) is 0.831. The largest absolute Gasteiger partial charge is 0.469 e. The molecule has 0 radical (unpaired) electrons. The number of nitrogens with two attached hydrogens (primary N) is 1. The van der Waals surface area contributed by atoms with Gasteiger partial charge in [-0.25, -0.2) is 0 Å². The topological polar surface area (TPSA) is 88.4 Å². The number of aromatic amines is 1.